The molecule has 0 saturated carbocycles. The van der Waals surface area contributed by atoms with Gasteiger partial charge in [0.25, 0.3) is 0 Å². The fraction of sp³-hybridized carbons (Fsp3) is 1.00. The third-order valence-electron chi connectivity index (χ3n) is 4.30. The Balaban J connectivity index is 3.78. The highest BCUT2D eigenvalue weighted by atomic mass is 16.3. The highest BCUT2D eigenvalue weighted by Gasteiger charge is 2.41. The lowest BCUT2D eigenvalue weighted by atomic mass is 9.83. The van der Waals surface area contributed by atoms with E-state index in [0.717, 1.165) is 19.3 Å². The first kappa shape index (κ1) is 19.5. The summed E-state index contributed by atoms with van der Waals surface area (Å²) < 4.78 is 0. The maximum atomic E-state index is 11.0. The number of rotatable bonds is 13. The lowest BCUT2D eigenvalue weighted by molar-refractivity contribution is 0.00192. The maximum Gasteiger partial charge on any atom is 0.153 e. The molecule has 2 N–H and O–H groups in total. The van der Waals surface area contributed by atoms with E-state index in [4.69, 9.17) is 0 Å². The Labute approximate surface area is 123 Å². The van der Waals surface area contributed by atoms with E-state index >= 15 is 0 Å². The summed E-state index contributed by atoms with van der Waals surface area (Å²) in [6.07, 6.45) is 9.42. The molecule has 4 nitrogen and oxygen atoms in total. The van der Waals surface area contributed by atoms with E-state index in [1.807, 2.05) is 0 Å². The van der Waals surface area contributed by atoms with E-state index in [9.17, 15) is 15.1 Å². The molecule has 0 bridgehead atoms. The molecule has 4 heteroatoms. The molecule has 2 unspecified atom stereocenters. The molecule has 0 rings (SSSR count). The van der Waals surface area contributed by atoms with Crippen LogP contribution >= 0.6 is 0 Å². The molecule has 2 atom stereocenters. The van der Waals surface area contributed by atoms with Crippen molar-refractivity contribution < 1.29 is 10.2 Å². The third kappa shape index (κ3) is 6.80. The lowest BCUT2D eigenvalue weighted by Gasteiger charge is -2.32. The average molecular weight is 287 g/mol. The number of aliphatic hydroxyl groups excluding tert-OH is 2. The summed E-state index contributed by atoms with van der Waals surface area (Å²) in [5, 5.41) is 22.4. The molecule has 0 aliphatic carbocycles. The molecule has 0 aliphatic heterocycles. The van der Waals surface area contributed by atoms with E-state index in [-0.39, 0.29) is 0 Å². The smallest absolute Gasteiger partial charge is 0.153 e. The van der Waals surface area contributed by atoms with Crippen LogP contribution in [0.25, 0.3) is 0 Å². The van der Waals surface area contributed by atoms with Crippen molar-refractivity contribution in [2.75, 3.05) is 0 Å². The van der Waals surface area contributed by atoms with Crippen LogP contribution < -0.4 is 0 Å². The Hall–Kier alpha value is -0.480. The molecule has 0 amide bonds. The van der Waals surface area contributed by atoms with E-state index in [2.05, 4.69) is 12.1 Å². The van der Waals surface area contributed by atoms with Gasteiger partial charge in [0.15, 0.2) is 5.54 Å². The van der Waals surface area contributed by atoms with E-state index < -0.39 is 17.7 Å². The van der Waals surface area contributed by atoms with Gasteiger partial charge in [0.2, 0.25) is 0 Å². The number of nitroso groups, excluding NO2 is 1. The average Bonchev–Trinajstić information content (AvgIpc) is 2.40. The van der Waals surface area contributed by atoms with Gasteiger partial charge in [0.1, 0.15) is 0 Å². The van der Waals surface area contributed by atoms with Gasteiger partial charge >= 0.3 is 0 Å². The molecule has 20 heavy (non-hydrogen) atoms. The molecular weight excluding hydrogens is 254 g/mol. The van der Waals surface area contributed by atoms with Crippen LogP contribution in [0.3, 0.4) is 0 Å². The van der Waals surface area contributed by atoms with Crippen LogP contribution in [0.1, 0.15) is 85.0 Å². The van der Waals surface area contributed by atoms with Crippen LogP contribution in [0, 0.1) is 4.91 Å². The SMILES string of the molecule is CCCCCCCCCCCC(N=O)(C(C)O)C(C)O. The molecule has 0 heterocycles. The van der Waals surface area contributed by atoms with Crippen LogP contribution in [-0.4, -0.2) is 28.0 Å². The second-order valence-electron chi connectivity index (χ2n) is 6.01. The van der Waals surface area contributed by atoms with Crippen molar-refractivity contribution in [1.29, 1.82) is 0 Å². The second kappa shape index (κ2) is 11.2. The van der Waals surface area contributed by atoms with Crippen molar-refractivity contribution in [3.63, 3.8) is 0 Å². The van der Waals surface area contributed by atoms with Crippen molar-refractivity contribution in [3.8, 4) is 0 Å². The van der Waals surface area contributed by atoms with Crippen LogP contribution in [-0.2, 0) is 0 Å². The molecule has 0 aromatic heterocycles. The van der Waals surface area contributed by atoms with Crippen LogP contribution in [0.4, 0.5) is 0 Å². The van der Waals surface area contributed by atoms with Gasteiger partial charge in [-0.15, -0.1) is 0 Å². The van der Waals surface area contributed by atoms with Gasteiger partial charge in [-0.2, -0.15) is 4.91 Å². The first-order valence-corrected chi connectivity index (χ1v) is 8.22. The van der Waals surface area contributed by atoms with Crippen LogP contribution in [0.15, 0.2) is 5.18 Å². The fourth-order valence-corrected chi connectivity index (χ4v) is 2.68. The predicted molar refractivity (Wildman–Crippen MR) is 83.7 cm³/mol. The summed E-state index contributed by atoms with van der Waals surface area (Å²) in [7, 11) is 0. The predicted octanol–water partition coefficient (Wildman–Crippen LogP) is 4.17. The number of hydrogen-bond acceptors (Lipinski definition) is 4. The topological polar surface area (TPSA) is 69.9 Å². The van der Waals surface area contributed by atoms with Gasteiger partial charge in [-0.3, -0.25) is 0 Å². The van der Waals surface area contributed by atoms with Crippen molar-refractivity contribution in [3.05, 3.63) is 4.91 Å². The monoisotopic (exact) mass is 287 g/mol. The van der Waals surface area contributed by atoms with Crippen LogP contribution in [0.2, 0.25) is 0 Å². The zero-order valence-corrected chi connectivity index (χ0v) is 13.5. The Morgan fingerprint density at radius 3 is 1.60 bits per heavy atom. The lowest BCUT2D eigenvalue weighted by Crippen LogP contribution is -2.47. The number of nitrogens with zero attached hydrogens (tertiary/aromatic N) is 1. The molecule has 0 aromatic rings. The van der Waals surface area contributed by atoms with Crippen molar-refractivity contribution in [2.24, 2.45) is 5.18 Å². The standard InChI is InChI=1S/C16H33NO3/c1-4-5-6-7-8-9-10-11-12-13-16(17-20,14(2)18)15(3)19/h14-15,18-19H,4-13H2,1-3H3. The Bertz CT molecular complexity index is 234. The van der Waals surface area contributed by atoms with E-state index in [0.29, 0.717) is 6.42 Å². The van der Waals surface area contributed by atoms with Crippen molar-refractivity contribution >= 4 is 0 Å². The summed E-state index contributed by atoms with van der Waals surface area (Å²) in [6.45, 7) is 5.28. The van der Waals surface area contributed by atoms with Crippen molar-refractivity contribution in [2.45, 2.75) is 103 Å². The first-order chi connectivity index (χ1) is 9.51. The number of aliphatic hydroxyl groups is 2. The quantitative estimate of drug-likeness (QED) is 0.394. The minimum absolute atomic E-state index is 0.460. The number of hydrogen-bond donors (Lipinski definition) is 2. The minimum atomic E-state index is -1.23. The minimum Gasteiger partial charge on any atom is -0.391 e. The summed E-state index contributed by atoms with van der Waals surface area (Å²) in [5.74, 6) is 0. The fourth-order valence-electron chi connectivity index (χ4n) is 2.68. The molecule has 0 radical (unpaired) electrons. The Kier molecular flexibility index (Phi) is 10.9. The Morgan fingerprint density at radius 1 is 0.850 bits per heavy atom. The zero-order chi connectivity index (χ0) is 15.4. The second-order valence-corrected chi connectivity index (χ2v) is 6.01. The normalized spacial score (nSPS) is 17.4. The van der Waals surface area contributed by atoms with Gasteiger partial charge in [-0.1, -0.05) is 69.9 Å². The molecule has 0 spiro atoms. The van der Waals surface area contributed by atoms with Gasteiger partial charge in [0, 0.05) is 0 Å². The van der Waals surface area contributed by atoms with Gasteiger partial charge < -0.3 is 10.2 Å². The number of unbranched alkanes of at least 4 members (excludes halogenated alkanes) is 8. The molecular formula is C16H33NO3. The molecule has 0 saturated heterocycles. The molecule has 0 aromatic carbocycles. The Morgan fingerprint density at radius 2 is 1.25 bits per heavy atom. The first-order valence-electron chi connectivity index (χ1n) is 8.22. The summed E-state index contributed by atoms with van der Waals surface area (Å²) in [5.41, 5.74) is -1.23. The molecule has 120 valence electrons. The van der Waals surface area contributed by atoms with E-state index in [1.165, 1.54) is 52.4 Å². The van der Waals surface area contributed by atoms with Gasteiger partial charge in [-0.25, -0.2) is 0 Å². The third-order valence-corrected chi connectivity index (χ3v) is 4.30. The van der Waals surface area contributed by atoms with Crippen molar-refractivity contribution in [1.82, 2.24) is 0 Å². The summed E-state index contributed by atoms with van der Waals surface area (Å²) >= 11 is 0. The summed E-state index contributed by atoms with van der Waals surface area (Å²) in [6, 6.07) is 0. The zero-order valence-electron chi connectivity index (χ0n) is 13.5. The molecule has 0 aliphatic rings. The maximum absolute atomic E-state index is 11.0. The van der Waals surface area contributed by atoms with Crippen LogP contribution in [0.5, 0.6) is 0 Å². The highest BCUT2D eigenvalue weighted by molar-refractivity contribution is 4.97. The van der Waals surface area contributed by atoms with Gasteiger partial charge in [-0.05, 0) is 20.3 Å². The molecule has 0 fully saturated rings. The largest absolute Gasteiger partial charge is 0.391 e. The van der Waals surface area contributed by atoms with E-state index in [1.54, 1.807) is 0 Å². The highest BCUT2D eigenvalue weighted by Crippen LogP contribution is 2.28. The van der Waals surface area contributed by atoms with Gasteiger partial charge in [0.05, 0.1) is 12.2 Å². The summed E-state index contributed by atoms with van der Waals surface area (Å²) in [4.78, 5) is 11.0.